The summed E-state index contributed by atoms with van der Waals surface area (Å²) in [6.07, 6.45) is -0.0114. The van der Waals surface area contributed by atoms with E-state index in [2.05, 4.69) is 5.32 Å². The molecule has 5 heteroatoms. The molecule has 0 saturated carbocycles. The van der Waals surface area contributed by atoms with E-state index < -0.39 is 6.10 Å². The van der Waals surface area contributed by atoms with Gasteiger partial charge in [-0.25, -0.2) is 0 Å². The van der Waals surface area contributed by atoms with E-state index in [0.717, 1.165) is 17.1 Å². The van der Waals surface area contributed by atoms with Crippen molar-refractivity contribution in [3.05, 3.63) is 84.4 Å². The van der Waals surface area contributed by atoms with Gasteiger partial charge in [0.2, 0.25) is 0 Å². The lowest BCUT2D eigenvalue weighted by Gasteiger charge is -2.19. The van der Waals surface area contributed by atoms with E-state index in [-0.39, 0.29) is 5.91 Å². The molecule has 1 unspecified atom stereocenters. The molecule has 0 fully saturated rings. The molecule has 0 radical (unpaired) electrons. The van der Waals surface area contributed by atoms with Crippen LogP contribution < -0.4 is 19.5 Å². The minimum absolute atomic E-state index is 0.190. The molecule has 1 N–H and O–H groups in total. The van der Waals surface area contributed by atoms with Gasteiger partial charge in [-0.15, -0.1) is 0 Å². The third-order valence-electron chi connectivity index (χ3n) is 4.49. The molecule has 0 bridgehead atoms. The molecule has 0 aliphatic carbocycles. The summed E-state index contributed by atoms with van der Waals surface area (Å²) < 4.78 is 17.3. The SMILES string of the molecule is CCC(Oc1ccccc1C)C(=O)Nc1cccc(OCCOc2ccccc2)c1. The second-order valence-corrected chi connectivity index (χ2v) is 6.81. The Balaban J connectivity index is 1.52. The quantitative estimate of drug-likeness (QED) is 0.468. The fourth-order valence-corrected chi connectivity index (χ4v) is 2.89. The number of anilines is 1. The van der Waals surface area contributed by atoms with Crippen LogP contribution in [0.4, 0.5) is 5.69 Å². The predicted octanol–water partition coefficient (Wildman–Crippen LogP) is 5.25. The van der Waals surface area contributed by atoms with Crippen molar-refractivity contribution >= 4 is 11.6 Å². The first-order chi connectivity index (χ1) is 14.7. The molecule has 3 rings (SSSR count). The van der Waals surface area contributed by atoms with E-state index in [1.54, 1.807) is 6.07 Å². The maximum absolute atomic E-state index is 12.7. The lowest BCUT2D eigenvalue weighted by atomic mass is 10.2. The van der Waals surface area contributed by atoms with Gasteiger partial charge >= 0.3 is 0 Å². The van der Waals surface area contributed by atoms with E-state index in [1.807, 2.05) is 86.6 Å². The standard InChI is InChI=1S/C25H27NO4/c1-3-23(30-24-15-8-7-10-19(24)2)25(27)26-20-11-9-14-22(18-20)29-17-16-28-21-12-5-4-6-13-21/h4-15,18,23H,3,16-17H2,1-2H3,(H,26,27). The van der Waals surface area contributed by atoms with E-state index in [0.29, 0.717) is 31.1 Å². The molecular weight excluding hydrogens is 378 g/mol. The first-order valence-electron chi connectivity index (χ1n) is 10.1. The van der Waals surface area contributed by atoms with Crippen LogP contribution >= 0.6 is 0 Å². The van der Waals surface area contributed by atoms with Crippen LogP contribution in [0, 0.1) is 6.92 Å². The molecule has 0 saturated heterocycles. The molecule has 5 nitrogen and oxygen atoms in total. The number of carbonyl (C=O) groups is 1. The lowest BCUT2D eigenvalue weighted by molar-refractivity contribution is -0.122. The van der Waals surface area contributed by atoms with Crippen LogP contribution in [0.3, 0.4) is 0 Å². The summed E-state index contributed by atoms with van der Waals surface area (Å²) in [6, 6.07) is 24.6. The Morgan fingerprint density at radius 2 is 1.53 bits per heavy atom. The summed E-state index contributed by atoms with van der Waals surface area (Å²) in [4.78, 5) is 12.7. The summed E-state index contributed by atoms with van der Waals surface area (Å²) in [5.41, 5.74) is 1.66. The Labute approximate surface area is 177 Å². The van der Waals surface area contributed by atoms with Gasteiger partial charge in [-0.05, 0) is 49.2 Å². The van der Waals surface area contributed by atoms with Crippen molar-refractivity contribution in [3.8, 4) is 17.2 Å². The summed E-state index contributed by atoms with van der Waals surface area (Å²) in [6.45, 7) is 4.72. The number of benzene rings is 3. The summed E-state index contributed by atoms with van der Waals surface area (Å²) in [5.74, 6) is 2.00. The van der Waals surface area contributed by atoms with Gasteiger partial charge in [0.05, 0.1) is 0 Å². The number of hydrogen-bond acceptors (Lipinski definition) is 4. The molecule has 1 atom stereocenters. The van der Waals surface area contributed by atoms with Crippen molar-refractivity contribution in [2.24, 2.45) is 0 Å². The summed E-state index contributed by atoms with van der Waals surface area (Å²) >= 11 is 0. The largest absolute Gasteiger partial charge is 0.490 e. The van der Waals surface area contributed by atoms with Crippen LogP contribution in [-0.4, -0.2) is 25.2 Å². The van der Waals surface area contributed by atoms with Crippen molar-refractivity contribution in [1.29, 1.82) is 0 Å². The fourth-order valence-electron chi connectivity index (χ4n) is 2.89. The topological polar surface area (TPSA) is 56.8 Å². The van der Waals surface area contributed by atoms with Crippen molar-refractivity contribution in [1.82, 2.24) is 0 Å². The molecule has 156 valence electrons. The highest BCUT2D eigenvalue weighted by Crippen LogP contribution is 2.21. The molecular formula is C25H27NO4. The molecule has 3 aromatic rings. The second-order valence-electron chi connectivity index (χ2n) is 6.81. The summed E-state index contributed by atoms with van der Waals surface area (Å²) in [7, 11) is 0. The molecule has 3 aromatic carbocycles. The highest BCUT2D eigenvalue weighted by Gasteiger charge is 2.19. The molecule has 0 aliphatic heterocycles. The van der Waals surface area contributed by atoms with Gasteiger partial charge in [-0.3, -0.25) is 4.79 Å². The number of rotatable bonds is 10. The highest BCUT2D eigenvalue weighted by molar-refractivity contribution is 5.94. The number of carbonyl (C=O) groups excluding carboxylic acids is 1. The van der Waals surface area contributed by atoms with Gasteiger partial charge in [-0.2, -0.15) is 0 Å². The van der Waals surface area contributed by atoms with Gasteiger partial charge in [-0.1, -0.05) is 49.4 Å². The third kappa shape index (κ3) is 6.27. The Morgan fingerprint density at radius 3 is 2.27 bits per heavy atom. The zero-order chi connectivity index (χ0) is 21.2. The minimum Gasteiger partial charge on any atom is -0.490 e. The number of ether oxygens (including phenoxy) is 3. The fraction of sp³-hybridized carbons (Fsp3) is 0.240. The number of nitrogens with one attached hydrogen (secondary N) is 1. The maximum atomic E-state index is 12.7. The zero-order valence-corrected chi connectivity index (χ0v) is 17.3. The van der Waals surface area contributed by atoms with E-state index in [4.69, 9.17) is 14.2 Å². The van der Waals surface area contributed by atoms with Gasteiger partial charge in [0.15, 0.2) is 6.10 Å². The van der Waals surface area contributed by atoms with Crippen molar-refractivity contribution < 1.29 is 19.0 Å². The number of amides is 1. The number of para-hydroxylation sites is 2. The highest BCUT2D eigenvalue weighted by atomic mass is 16.5. The smallest absolute Gasteiger partial charge is 0.265 e. The number of hydrogen-bond donors (Lipinski definition) is 1. The van der Waals surface area contributed by atoms with Crippen LogP contribution in [0.5, 0.6) is 17.2 Å². The van der Waals surface area contributed by atoms with Crippen LogP contribution in [0.2, 0.25) is 0 Å². The maximum Gasteiger partial charge on any atom is 0.265 e. The van der Waals surface area contributed by atoms with E-state index >= 15 is 0 Å². The Hall–Kier alpha value is -3.47. The van der Waals surface area contributed by atoms with Crippen LogP contribution in [0.25, 0.3) is 0 Å². The Kier molecular flexibility index (Phi) is 7.72. The van der Waals surface area contributed by atoms with Gasteiger partial charge in [0.25, 0.3) is 5.91 Å². The monoisotopic (exact) mass is 405 g/mol. The van der Waals surface area contributed by atoms with E-state index in [9.17, 15) is 4.79 Å². The van der Waals surface area contributed by atoms with Crippen LogP contribution in [0.15, 0.2) is 78.9 Å². The lowest BCUT2D eigenvalue weighted by Crippen LogP contribution is -2.32. The molecule has 0 aliphatic rings. The van der Waals surface area contributed by atoms with Crippen molar-refractivity contribution in [2.45, 2.75) is 26.4 Å². The molecule has 0 aromatic heterocycles. The third-order valence-corrected chi connectivity index (χ3v) is 4.49. The Bertz CT molecular complexity index is 943. The number of aryl methyl sites for hydroxylation is 1. The van der Waals surface area contributed by atoms with Crippen molar-refractivity contribution in [2.75, 3.05) is 18.5 Å². The van der Waals surface area contributed by atoms with Gasteiger partial charge in [0.1, 0.15) is 30.5 Å². The average molecular weight is 405 g/mol. The van der Waals surface area contributed by atoms with E-state index in [1.165, 1.54) is 0 Å². The van der Waals surface area contributed by atoms with Crippen molar-refractivity contribution in [3.63, 3.8) is 0 Å². The average Bonchev–Trinajstić information content (AvgIpc) is 2.77. The molecule has 30 heavy (non-hydrogen) atoms. The zero-order valence-electron chi connectivity index (χ0n) is 17.3. The van der Waals surface area contributed by atoms with Gasteiger partial charge in [0, 0.05) is 11.8 Å². The predicted molar refractivity (Wildman–Crippen MR) is 118 cm³/mol. The van der Waals surface area contributed by atoms with Crippen LogP contribution in [0.1, 0.15) is 18.9 Å². The first kappa shape index (κ1) is 21.2. The first-order valence-corrected chi connectivity index (χ1v) is 10.1. The summed E-state index contributed by atoms with van der Waals surface area (Å²) in [5, 5.41) is 2.91. The minimum atomic E-state index is -0.574. The molecule has 0 spiro atoms. The normalized spacial score (nSPS) is 11.4. The molecule has 1 amide bonds. The Morgan fingerprint density at radius 1 is 0.867 bits per heavy atom. The molecule has 0 heterocycles. The van der Waals surface area contributed by atoms with Gasteiger partial charge < -0.3 is 19.5 Å². The van der Waals surface area contributed by atoms with Crippen LogP contribution in [-0.2, 0) is 4.79 Å². The second kappa shape index (κ2) is 10.9.